The molecule has 1 atom stereocenters. The Bertz CT molecular complexity index is 509. The third-order valence-electron chi connectivity index (χ3n) is 2.23. The molecule has 0 aliphatic heterocycles. The fourth-order valence-electron chi connectivity index (χ4n) is 1.38. The zero-order valence-electron chi connectivity index (χ0n) is 10.1. The van der Waals surface area contributed by atoms with E-state index < -0.39 is 10.8 Å². The van der Waals surface area contributed by atoms with Gasteiger partial charge in [0.05, 0.1) is 28.2 Å². The van der Waals surface area contributed by atoms with Crippen LogP contribution in [-0.2, 0) is 15.6 Å². The van der Waals surface area contributed by atoms with Crippen LogP contribution in [0.3, 0.4) is 0 Å². The van der Waals surface area contributed by atoms with Gasteiger partial charge in [0.25, 0.3) is 0 Å². The van der Waals surface area contributed by atoms with Gasteiger partial charge in [-0.05, 0) is 24.6 Å². The van der Waals surface area contributed by atoms with Crippen molar-refractivity contribution in [3.63, 3.8) is 0 Å². The summed E-state index contributed by atoms with van der Waals surface area (Å²) in [4.78, 5) is 11.9. The van der Waals surface area contributed by atoms with E-state index in [1.807, 2.05) is 13.0 Å². The van der Waals surface area contributed by atoms with E-state index in [0.29, 0.717) is 10.6 Å². The maximum atomic E-state index is 11.9. The van der Waals surface area contributed by atoms with Gasteiger partial charge in [-0.2, -0.15) is 5.26 Å². The highest BCUT2D eigenvalue weighted by atomic mass is 32.2. The molecular formula is C12H15N3O2S. The summed E-state index contributed by atoms with van der Waals surface area (Å²) >= 11 is 0. The third-order valence-corrected chi connectivity index (χ3v) is 3.62. The number of nitrogens with two attached hydrogens (primary N) is 1. The average molecular weight is 265 g/mol. The normalized spacial score (nSPS) is 11.6. The van der Waals surface area contributed by atoms with Crippen molar-refractivity contribution >= 4 is 22.4 Å². The maximum Gasteiger partial charge on any atom is 0.233 e. The zero-order valence-corrected chi connectivity index (χ0v) is 10.9. The van der Waals surface area contributed by atoms with Gasteiger partial charge in [0.1, 0.15) is 5.75 Å². The molecule has 1 rings (SSSR count). The van der Waals surface area contributed by atoms with E-state index in [4.69, 9.17) is 11.0 Å². The van der Waals surface area contributed by atoms with Crippen molar-refractivity contribution in [2.75, 3.05) is 18.0 Å². The quantitative estimate of drug-likeness (QED) is 0.605. The van der Waals surface area contributed by atoms with Crippen LogP contribution in [0.25, 0.3) is 0 Å². The summed E-state index contributed by atoms with van der Waals surface area (Å²) in [7, 11) is -1.46. The van der Waals surface area contributed by atoms with Crippen molar-refractivity contribution in [3.8, 4) is 6.07 Å². The molecule has 1 amide bonds. The van der Waals surface area contributed by atoms with Crippen LogP contribution in [0.15, 0.2) is 23.1 Å². The molecule has 1 aromatic carbocycles. The fourth-order valence-corrected chi connectivity index (χ4v) is 2.42. The topological polar surface area (TPSA) is 96.0 Å². The van der Waals surface area contributed by atoms with Gasteiger partial charge >= 0.3 is 0 Å². The number of amides is 1. The summed E-state index contributed by atoms with van der Waals surface area (Å²) in [6.45, 7) is 2.16. The van der Waals surface area contributed by atoms with Crippen LogP contribution in [0.4, 0.5) is 5.69 Å². The molecule has 0 aromatic heterocycles. The van der Waals surface area contributed by atoms with E-state index in [9.17, 15) is 9.00 Å². The second-order valence-corrected chi connectivity index (χ2v) is 5.21. The number of hydrogen-bond donors (Lipinski definition) is 2. The monoisotopic (exact) mass is 265 g/mol. The van der Waals surface area contributed by atoms with Crippen molar-refractivity contribution in [2.45, 2.75) is 18.2 Å². The van der Waals surface area contributed by atoms with Gasteiger partial charge in [-0.1, -0.05) is 6.07 Å². The summed E-state index contributed by atoms with van der Waals surface area (Å²) in [5, 5.41) is 10.8. The van der Waals surface area contributed by atoms with Crippen LogP contribution >= 0.6 is 0 Å². The molecule has 0 aliphatic carbocycles. The number of rotatable bonds is 5. The number of carbonyl (C=O) groups excluding carboxylic acids is 1. The van der Waals surface area contributed by atoms with Gasteiger partial charge in [-0.25, -0.2) is 0 Å². The minimum atomic E-state index is -1.46. The number of carbonyl (C=O) groups is 1. The van der Waals surface area contributed by atoms with Crippen LogP contribution < -0.4 is 11.1 Å². The smallest absolute Gasteiger partial charge is 0.233 e. The summed E-state index contributed by atoms with van der Waals surface area (Å²) in [5.74, 6) is -0.484. The van der Waals surface area contributed by atoms with Gasteiger partial charge in [0, 0.05) is 12.2 Å². The second-order valence-electron chi connectivity index (χ2n) is 3.79. The van der Waals surface area contributed by atoms with Gasteiger partial charge in [0.2, 0.25) is 5.91 Å². The Kier molecular flexibility index (Phi) is 5.33. The number of nitrogens with one attached hydrogen (secondary N) is 1. The van der Waals surface area contributed by atoms with Crippen LogP contribution in [0.5, 0.6) is 0 Å². The van der Waals surface area contributed by atoms with Crippen molar-refractivity contribution in [1.82, 2.24) is 5.32 Å². The molecule has 3 N–H and O–H groups in total. The Morgan fingerprint density at radius 2 is 2.28 bits per heavy atom. The number of hydrogen-bond acceptors (Lipinski definition) is 4. The lowest BCUT2D eigenvalue weighted by Crippen LogP contribution is -2.29. The number of nitrogens with zero attached hydrogens (tertiary/aromatic N) is 1. The van der Waals surface area contributed by atoms with E-state index in [2.05, 4.69) is 5.32 Å². The van der Waals surface area contributed by atoms with Crippen LogP contribution in [-0.4, -0.2) is 22.4 Å². The van der Waals surface area contributed by atoms with Gasteiger partial charge in [-0.15, -0.1) is 0 Å². The average Bonchev–Trinajstić information content (AvgIpc) is 2.28. The van der Waals surface area contributed by atoms with E-state index in [1.165, 1.54) is 0 Å². The first-order valence-electron chi connectivity index (χ1n) is 5.42. The van der Waals surface area contributed by atoms with Crippen molar-refractivity contribution < 1.29 is 9.00 Å². The third kappa shape index (κ3) is 4.18. The van der Waals surface area contributed by atoms with Crippen LogP contribution in [0, 0.1) is 18.3 Å². The Morgan fingerprint density at radius 1 is 1.56 bits per heavy atom. The van der Waals surface area contributed by atoms with E-state index in [-0.39, 0.29) is 24.6 Å². The first kappa shape index (κ1) is 14.2. The molecule has 6 heteroatoms. The first-order chi connectivity index (χ1) is 8.54. The van der Waals surface area contributed by atoms with E-state index in [0.717, 1.165) is 5.56 Å². The lowest BCUT2D eigenvalue weighted by Gasteiger charge is -2.07. The van der Waals surface area contributed by atoms with Gasteiger partial charge in [0.15, 0.2) is 0 Å². The molecule has 96 valence electrons. The molecular weight excluding hydrogens is 250 g/mol. The standard InChI is InChI=1S/C12H15N3O2S/c1-9-3-4-11(10(14)7-9)18(17)8-12(16)15-6-2-5-13/h3-4,7H,2,6,8,14H2,1H3,(H,15,16). The minimum Gasteiger partial charge on any atom is -0.398 e. The molecule has 1 aromatic rings. The van der Waals surface area contributed by atoms with Gasteiger partial charge in [-0.3, -0.25) is 9.00 Å². The lowest BCUT2D eigenvalue weighted by atomic mass is 10.2. The number of anilines is 1. The number of aryl methyl sites for hydroxylation is 1. The largest absolute Gasteiger partial charge is 0.398 e. The summed E-state index contributed by atoms with van der Waals surface area (Å²) in [5.41, 5.74) is 7.16. The second kappa shape index (κ2) is 6.77. The van der Waals surface area contributed by atoms with Crippen LogP contribution in [0.1, 0.15) is 12.0 Å². The Hall–Kier alpha value is -1.87. The van der Waals surface area contributed by atoms with Crippen molar-refractivity contribution in [3.05, 3.63) is 23.8 Å². The maximum absolute atomic E-state index is 11.9. The first-order valence-corrected chi connectivity index (χ1v) is 6.74. The summed E-state index contributed by atoms with van der Waals surface area (Å²) in [6, 6.07) is 7.11. The highest BCUT2D eigenvalue weighted by Crippen LogP contribution is 2.17. The molecule has 0 aliphatic rings. The summed E-state index contributed by atoms with van der Waals surface area (Å²) in [6.07, 6.45) is 0.241. The highest BCUT2D eigenvalue weighted by molar-refractivity contribution is 7.86. The zero-order chi connectivity index (χ0) is 13.5. The summed E-state index contributed by atoms with van der Waals surface area (Å²) < 4.78 is 11.9. The molecule has 0 radical (unpaired) electrons. The molecule has 0 saturated carbocycles. The number of nitriles is 1. The fraction of sp³-hybridized carbons (Fsp3) is 0.333. The Balaban J connectivity index is 2.60. The molecule has 0 spiro atoms. The minimum absolute atomic E-state index is 0.140. The van der Waals surface area contributed by atoms with Crippen molar-refractivity contribution in [2.24, 2.45) is 0 Å². The lowest BCUT2D eigenvalue weighted by molar-refractivity contribution is -0.118. The van der Waals surface area contributed by atoms with Crippen molar-refractivity contribution in [1.29, 1.82) is 5.26 Å². The Labute approximate surface area is 108 Å². The molecule has 0 bridgehead atoms. The van der Waals surface area contributed by atoms with Gasteiger partial charge < -0.3 is 11.1 Å². The number of benzene rings is 1. The predicted octanol–water partition coefficient (Wildman–Crippen LogP) is 0.715. The Morgan fingerprint density at radius 3 is 2.89 bits per heavy atom. The molecule has 18 heavy (non-hydrogen) atoms. The SMILES string of the molecule is Cc1ccc(S(=O)CC(=O)NCCC#N)c(N)c1. The van der Waals surface area contributed by atoms with E-state index >= 15 is 0 Å². The predicted molar refractivity (Wildman–Crippen MR) is 70.1 cm³/mol. The highest BCUT2D eigenvalue weighted by Gasteiger charge is 2.12. The molecule has 1 unspecified atom stereocenters. The molecule has 5 nitrogen and oxygen atoms in total. The number of nitrogen functional groups attached to an aromatic ring is 1. The molecule has 0 saturated heterocycles. The molecule has 0 fully saturated rings. The molecule has 0 heterocycles. The van der Waals surface area contributed by atoms with Crippen LogP contribution in [0.2, 0.25) is 0 Å². The van der Waals surface area contributed by atoms with E-state index in [1.54, 1.807) is 18.2 Å².